The Morgan fingerprint density at radius 2 is 0.846 bits per heavy atom. The van der Waals surface area contributed by atoms with Gasteiger partial charge in [-0.2, -0.15) is 0 Å². The highest BCUT2D eigenvalue weighted by Gasteiger charge is 2.17. The summed E-state index contributed by atoms with van der Waals surface area (Å²) in [5.74, 6) is 1.94. The number of benzene rings is 6. The Bertz CT molecular complexity index is 2780. The lowest BCUT2D eigenvalue weighted by atomic mass is 10.0. The molecule has 0 N–H and O–H groups in total. The summed E-state index contributed by atoms with van der Waals surface area (Å²) in [6, 6.07) is 58.7. The van der Waals surface area contributed by atoms with Gasteiger partial charge in [0, 0.05) is 51.1 Å². The molecule has 0 bridgehead atoms. The molecular weight excluding hydrogens is 637 g/mol. The third-order valence-corrected chi connectivity index (χ3v) is 9.62. The Balaban J connectivity index is 1.07. The molecule has 0 unspecified atom stereocenters. The first-order valence-electron chi connectivity index (χ1n) is 17.3. The molecule has 0 radical (unpaired) electrons. The Hall–Kier alpha value is -7.18. The lowest BCUT2D eigenvalue weighted by Gasteiger charge is -2.10. The van der Waals surface area contributed by atoms with E-state index in [1.807, 2.05) is 85.1 Å². The van der Waals surface area contributed by atoms with Gasteiger partial charge in [0.2, 0.25) is 0 Å². The second-order valence-corrected chi connectivity index (χ2v) is 12.8. The summed E-state index contributed by atoms with van der Waals surface area (Å²) in [6.45, 7) is 0. The van der Waals surface area contributed by atoms with Crippen molar-refractivity contribution in [3.8, 4) is 62.2 Å². The molecule has 0 atom stereocenters. The summed E-state index contributed by atoms with van der Waals surface area (Å²) in [7, 11) is 0. The van der Waals surface area contributed by atoms with Crippen LogP contribution >= 0.6 is 0 Å². The molecule has 0 saturated heterocycles. The van der Waals surface area contributed by atoms with Crippen molar-refractivity contribution in [1.29, 1.82) is 0 Å². The highest BCUT2D eigenvalue weighted by atomic mass is 15.0. The van der Waals surface area contributed by atoms with E-state index in [0.29, 0.717) is 17.5 Å². The molecule has 0 aliphatic rings. The van der Waals surface area contributed by atoms with Crippen LogP contribution < -0.4 is 0 Å². The molecule has 10 rings (SSSR count). The van der Waals surface area contributed by atoms with Gasteiger partial charge in [-0.15, -0.1) is 0 Å². The van der Waals surface area contributed by atoms with Crippen molar-refractivity contribution < 1.29 is 0 Å². The quantitative estimate of drug-likeness (QED) is 0.177. The van der Waals surface area contributed by atoms with E-state index < -0.39 is 0 Å². The summed E-state index contributed by atoms with van der Waals surface area (Å²) in [5.41, 5.74) is 11.4. The van der Waals surface area contributed by atoms with Crippen molar-refractivity contribution in [3.63, 3.8) is 0 Å². The van der Waals surface area contributed by atoms with Gasteiger partial charge in [0.1, 0.15) is 5.65 Å². The van der Waals surface area contributed by atoms with Crippen LogP contribution in [0.4, 0.5) is 0 Å². The lowest BCUT2D eigenvalue weighted by Crippen LogP contribution is -2.00. The minimum absolute atomic E-state index is 0.639. The molecule has 0 spiro atoms. The van der Waals surface area contributed by atoms with Gasteiger partial charge in [0.15, 0.2) is 17.5 Å². The van der Waals surface area contributed by atoms with E-state index in [1.165, 1.54) is 10.8 Å². The molecule has 52 heavy (non-hydrogen) atoms. The van der Waals surface area contributed by atoms with Crippen LogP contribution in [0.25, 0.3) is 89.7 Å². The number of para-hydroxylation sites is 1. The molecule has 10 aromatic rings. The molecule has 4 heterocycles. The van der Waals surface area contributed by atoms with Gasteiger partial charge in [-0.3, -0.25) is 0 Å². The van der Waals surface area contributed by atoms with Crippen LogP contribution in [0.3, 0.4) is 0 Å². The second kappa shape index (κ2) is 12.3. The van der Waals surface area contributed by atoms with E-state index in [2.05, 4.69) is 106 Å². The SMILES string of the molecule is c1ccc(-c2nc(-c3ccccc3)nc(-c3ccc(-c4ccc5c6ccc(-c7cn8ccccc8n7)cc6n(-c6ccccc6)c5c4)cc3)n2)cc1. The van der Waals surface area contributed by atoms with Gasteiger partial charge in [-0.1, -0.05) is 133 Å². The molecule has 0 amide bonds. The normalized spacial score (nSPS) is 11.5. The van der Waals surface area contributed by atoms with Gasteiger partial charge >= 0.3 is 0 Å². The number of hydrogen-bond donors (Lipinski definition) is 0. The predicted molar refractivity (Wildman–Crippen MR) is 210 cm³/mol. The Morgan fingerprint density at radius 3 is 1.44 bits per heavy atom. The van der Waals surface area contributed by atoms with Crippen LogP contribution in [0, 0.1) is 0 Å². The van der Waals surface area contributed by atoms with Gasteiger partial charge in [0.25, 0.3) is 0 Å². The molecule has 6 heteroatoms. The number of rotatable bonds is 6. The van der Waals surface area contributed by atoms with Gasteiger partial charge in [-0.25, -0.2) is 19.9 Å². The molecule has 4 aromatic heterocycles. The van der Waals surface area contributed by atoms with Crippen molar-refractivity contribution in [3.05, 3.63) is 182 Å². The van der Waals surface area contributed by atoms with E-state index in [9.17, 15) is 0 Å². The molecule has 0 aliphatic carbocycles. The molecule has 6 aromatic carbocycles. The first-order valence-corrected chi connectivity index (χ1v) is 17.3. The lowest BCUT2D eigenvalue weighted by molar-refractivity contribution is 1.07. The van der Waals surface area contributed by atoms with Gasteiger partial charge in [-0.05, 0) is 47.5 Å². The van der Waals surface area contributed by atoms with E-state index in [0.717, 1.165) is 61.4 Å². The molecule has 0 fully saturated rings. The fourth-order valence-electron chi connectivity index (χ4n) is 7.04. The monoisotopic (exact) mass is 666 g/mol. The van der Waals surface area contributed by atoms with Crippen LogP contribution in [0.1, 0.15) is 0 Å². The molecule has 0 saturated carbocycles. The van der Waals surface area contributed by atoms with Crippen molar-refractivity contribution in [2.45, 2.75) is 0 Å². The fourth-order valence-corrected chi connectivity index (χ4v) is 7.04. The molecular formula is C46H30N6. The summed E-state index contributed by atoms with van der Waals surface area (Å²) >= 11 is 0. The maximum absolute atomic E-state index is 4.92. The van der Waals surface area contributed by atoms with Gasteiger partial charge in [0.05, 0.1) is 16.7 Å². The smallest absolute Gasteiger partial charge is 0.164 e. The maximum Gasteiger partial charge on any atom is 0.164 e. The number of hydrogen-bond acceptors (Lipinski definition) is 4. The third kappa shape index (κ3) is 5.22. The average Bonchev–Trinajstić information content (AvgIpc) is 3.81. The summed E-state index contributed by atoms with van der Waals surface area (Å²) in [5, 5.41) is 2.40. The zero-order valence-electron chi connectivity index (χ0n) is 28.0. The van der Waals surface area contributed by atoms with Crippen molar-refractivity contribution in [2.75, 3.05) is 0 Å². The minimum Gasteiger partial charge on any atom is -0.309 e. The minimum atomic E-state index is 0.639. The Kier molecular flexibility index (Phi) is 7.03. The molecule has 244 valence electrons. The summed E-state index contributed by atoms with van der Waals surface area (Å²) < 4.78 is 4.43. The van der Waals surface area contributed by atoms with Gasteiger partial charge < -0.3 is 8.97 Å². The predicted octanol–water partition coefficient (Wildman–Crippen LogP) is 11.0. The van der Waals surface area contributed by atoms with E-state index in [4.69, 9.17) is 19.9 Å². The highest BCUT2D eigenvalue weighted by Crippen LogP contribution is 2.37. The topological polar surface area (TPSA) is 60.9 Å². The number of pyridine rings is 1. The van der Waals surface area contributed by atoms with Crippen LogP contribution in [-0.2, 0) is 0 Å². The Labute approximate surface area is 300 Å². The number of nitrogens with zero attached hydrogens (tertiary/aromatic N) is 6. The second-order valence-electron chi connectivity index (χ2n) is 12.8. The van der Waals surface area contributed by atoms with Crippen molar-refractivity contribution in [1.82, 2.24) is 28.9 Å². The first-order chi connectivity index (χ1) is 25.7. The zero-order chi connectivity index (χ0) is 34.4. The summed E-state index contributed by atoms with van der Waals surface area (Å²) in [4.78, 5) is 19.6. The Morgan fingerprint density at radius 1 is 0.365 bits per heavy atom. The maximum atomic E-state index is 4.92. The first kappa shape index (κ1) is 29.7. The largest absolute Gasteiger partial charge is 0.309 e. The van der Waals surface area contributed by atoms with Crippen molar-refractivity contribution in [2.24, 2.45) is 0 Å². The van der Waals surface area contributed by atoms with Crippen LogP contribution in [0.15, 0.2) is 182 Å². The highest BCUT2D eigenvalue weighted by molar-refractivity contribution is 6.11. The van der Waals surface area contributed by atoms with Crippen LogP contribution in [0.5, 0.6) is 0 Å². The summed E-state index contributed by atoms with van der Waals surface area (Å²) in [6.07, 6.45) is 4.13. The standard InChI is InChI=1S/C46H30N6/c1-4-12-32(13-5-1)44-48-45(33-14-6-2-7-15-33)50-46(49-44)34-21-19-31(20-22-34)35-23-25-38-39-26-24-36(40-30-51-27-11-10-18-43(51)47-40)29-42(39)52(41(38)28-35)37-16-8-3-9-17-37/h1-30H. The van der Waals surface area contributed by atoms with Crippen molar-refractivity contribution >= 4 is 27.5 Å². The number of imidazole rings is 1. The molecule has 0 aliphatic heterocycles. The van der Waals surface area contributed by atoms with Crippen LogP contribution in [-0.4, -0.2) is 28.9 Å². The van der Waals surface area contributed by atoms with E-state index in [1.54, 1.807) is 0 Å². The van der Waals surface area contributed by atoms with Crippen LogP contribution in [0.2, 0.25) is 0 Å². The number of fused-ring (bicyclic) bond motifs is 4. The van der Waals surface area contributed by atoms with E-state index >= 15 is 0 Å². The molecule has 6 nitrogen and oxygen atoms in total. The fraction of sp³-hybridized carbons (Fsp3) is 0. The van der Waals surface area contributed by atoms with E-state index in [-0.39, 0.29) is 0 Å². The average molecular weight is 667 g/mol. The third-order valence-electron chi connectivity index (χ3n) is 9.62. The zero-order valence-corrected chi connectivity index (χ0v) is 28.0. The number of aromatic nitrogens is 6.